The van der Waals surface area contributed by atoms with Gasteiger partial charge in [0.2, 0.25) is 0 Å². The van der Waals surface area contributed by atoms with E-state index >= 15 is 0 Å². The van der Waals surface area contributed by atoms with Crippen molar-refractivity contribution in [1.82, 2.24) is 14.8 Å². The summed E-state index contributed by atoms with van der Waals surface area (Å²) in [7, 11) is 1.93. The maximum atomic E-state index is 4.18. The highest BCUT2D eigenvalue weighted by Crippen LogP contribution is 2.13. The minimum atomic E-state index is 0.965. The first-order valence-corrected chi connectivity index (χ1v) is 4.52. The third-order valence-electron chi connectivity index (χ3n) is 1.83. The molecule has 0 spiro atoms. The monoisotopic (exact) mass is 177 g/mol. The third-order valence-corrected chi connectivity index (χ3v) is 1.83. The first kappa shape index (κ1) is 9.71. The molecule has 0 aliphatic heterocycles. The van der Waals surface area contributed by atoms with E-state index in [1.807, 2.05) is 31.6 Å². The first-order valence-electron chi connectivity index (χ1n) is 4.52. The van der Waals surface area contributed by atoms with Crippen molar-refractivity contribution in [2.45, 2.75) is 20.8 Å². The lowest BCUT2D eigenvalue weighted by Crippen LogP contribution is -1.91. The summed E-state index contributed by atoms with van der Waals surface area (Å²) in [5.41, 5.74) is 3.30. The summed E-state index contributed by atoms with van der Waals surface area (Å²) in [6, 6.07) is 1.99. The molecule has 0 radical (unpaired) electrons. The van der Waals surface area contributed by atoms with Crippen LogP contribution < -0.4 is 0 Å². The van der Waals surface area contributed by atoms with Gasteiger partial charge in [-0.1, -0.05) is 13.8 Å². The van der Waals surface area contributed by atoms with E-state index in [0.29, 0.717) is 0 Å². The molecule has 0 unspecified atom stereocenters. The minimum absolute atomic E-state index is 0.965. The number of rotatable bonds is 0. The van der Waals surface area contributed by atoms with Crippen molar-refractivity contribution >= 4 is 11.0 Å². The Balaban J connectivity index is 0.000000396. The Morgan fingerprint density at radius 3 is 2.62 bits per heavy atom. The lowest BCUT2D eigenvalue weighted by Gasteiger charge is -1.96. The van der Waals surface area contributed by atoms with Crippen molar-refractivity contribution in [3.05, 3.63) is 24.0 Å². The number of aryl methyl sites for hydroxylation is 2. The van der Waals surface area contributed by atoms with Crippen LogP contribution in [0.5, 0.6) is 0 Å². The maximum absolute atomic E-state index is 4.18. The van der Waals surface area contributed by atoms with Crippen LogP contribution in [0.25, 0.3) is 11.0 Å². The van der Waals surface area contributed by atoms with E-state index in [4.69, 9.17) is 0 Å². The Bertz CT molecular complexity index is 390. The fraction of sp³-hybridized carbons (Fsp3) is 0.400. The van der Waals surface area contributed by atoms with Gasteiger partial charge in [-0.25, -0.2) is 0 Å². The SMILES string of the molecule is CC.Cc1ccnc2cnn(C)c12. The van der Waals surface area contributed by atoms with Crippen LogP contribution in [0.15, 0.2) is 18.5 Å². The van der Waals surface area contributed by atoms with Gasteiger partial charge in [0.15, 0.2) is 0 Å². The smallest absolute Gasteiger partial charge is 0.108 e. The molecule has 3 nitrogen and oxygen atoms in total. The number of pyridine rings is 1. The second-order valence-electron chi connectivity index (χ2n) is 2.63. The quantitative estimate of drug-likeness (QED) is 0.618. The number of aromatic nitrogens is 3. The Kier molecular flexibility index (Phi) is 3.01. The Morgan fingerprint density at radius 2 is 2.00 bits per heavy atom. The van der Waals surface area contributed by atoms with Gasteiger partial charge in [-0.05, 0) is 18.6 Å². The average molecular weight is 177 g/mol. The van der Waals surface area contributed by atoms with Gasteiger partial charge in [0.1, 0.15) is 5.52 Å². The summed E-state index contributed by atoms with van der Waals surface area (Å²) in [6.45, 7) is 6.06. The van der Waals surface area contributed by atoms with Gasteiger partial charge in [-0.2, -0.15) is 5.10 Å². The molecule has 0 amide bonds. The van der Waals surface area contributed by atoms with Crippen molar-refractivity contribution in [2.75, 3.05) is 0 Å². The van der Waals surface area contributed by atoms with Gasteiger partial charge in [-0.15, -0.1) is 0 Å². The van der Waals surface area contributed by atoms with Crippen LogP contribution in [0.2, 0.25) is 0 Å². The Labute approximate surface area is 78.4 Å². The zero-order chi connectivity index (χ0) is 9.84. The van der Waals surface area contributed by atoms with E-state index in [2.05, 4.69) is 17.0 Å². The topological polar surface area (TPSA) is 30.7 Å². The molecule has 0 saturated heterocycles. The number of hydrogen-bond donors (Lipinski definition) is 0. The van der Waals surface area contributed by atoms with Crippen LogP contribution in [-0.4, -0.2) is 14.8 Å². The molecular weight excluding hydrogens is 162 g/mol. The van der Waals surface area contributed by atoms with Crippen LogP contribution in [0.1, 0.15) is 19.4 Å². The van der Waals surface area contributed by atoms with Crippen molar-refractivity contribution in [2.24, 2.45) is 7.05 Å². The number of nitrogens with zero attached hydrogens (tertiary/aromatic N) is 3. The molecular formula is C10H15N3. The predicted molar refractivity (Wildman–Crippen MR) is 54.6 cm³/mol. The Hall–Kier alpha value is -1.38. The van der Waals surface area contributed by atoms with Crippen LogP contribution >= 0.6 is 0 Å². The maximum Gasteiger partial charge on any atom is 0.108 e. The molecule has 3 heteroatoms. The summed E-state index contributed by atoms with van der Waals surface area (Å²) >= 11 is 0. The normalized spacial score (nSPS) is 9.54. The third kappa shape index (κ3) is 1.69. The van der Waals surface area contributed by atoms with E-state index in [-0.39, 0.29) is 0 Å². The van der Waals surface area contributed by atoms with E-state index < -0.39 is 0 Å². The molecule has 0 aromatic carbocycles. The lowest BCUT2D eigenvalue weighted by molar-refractivity contribution is 0.794. The van der Waals surface area contributed by atoms with Gasteiger partial charge < -0.3 is 0 Å². The van der Waals surface area contributed by atoms with Gasteiger partial charge in [0.25, 0.3) is 0 Å². The summed E-state index contributed by atoms with van der Waals surface area (Å²) < 4.78 is 1.84. The molecule has 2 aromatic rings. The lowest BCUT2D eigenvalue weighted by atomic mass is 10.2. The zero-order valence-corrected chi connectivity index (χ0v) is 8.57. The molecule has 13 heavy (non-hydrogen) atoms. The van der Waals surface area contributed by atoms with Crippen LogP contribution in [-0.2, 0) is 7.05 Å². The largest absolute Gasteiger partial charge is 0.266 e. The Morgan fingerprint density at radius 1 is 1.31 bits per heavy atom. The summed E-state index contributed by atoms with van der Waals surface area (Å²) in [5, 5.41) is 4.11. The van der Waals surface area contributed by atoms with E-state index in [9.17, 15) is 0 Å². The second kappa shape index (κ2) is 4.03. The second-order valence-corrected chi connectivity index (χ2v) is 2.63. The molecule has 2 heterocycles. The number of hydrogen-bond acceptors (Lipinski definition) is 2. The molecule has 0 bridgehead atoms. The highest BCUT2D eigenvalue weighted by molar-refractivity contribution is 5.77. The van der Waals surface area contributed by atoms with Gasteiger partial charge >= 0.3 is 0 Å². The molecule has 0 fully saturated rings. The predicted octanol–water partition coefficient (Wildman–Crippen LogP) is 2.30. The highest BCUT2D eigenvalue weighted by atomic mass is 15.3. The molecule has 70 valence electrons. The van der Waals surface area contributed by atoms with E-state index in [1.165, 1.54) is 5.56 Å². The van der Waals surface area contributed by atoms with E-state index in [1.54, 1.807) is 12.4 Å². The minimum Gasteiger partial charge on any atom is -0.266 e. The summed E-state index contributed by atoms with van der Waals surface area (Å²) in [4.78, 5) is 4.18. The molecule has 2 rings (SSSR count). The molecule has 0 aliphatic rings. The molecule has 0 saturated carbocycles. The van der Waals surface area contributed by atoms with Crippen LogP contribution in [0, 0.1) is 6.92 Å². The summed E-state index contributed by atoms with van der Waals surface area (Å²) in [6.07, 6.45) is 3.58. The standard InChI is InChI=1S/C8H9N3.C2H6/c1-6-3-4-9-7-5-10-11(2)8(6)7;1-2/h3-5H,1-2H3;1-2H3. The van der Waals surface area contributed by atoms with Gasteiger partial charge in [0, 0.05) is 13.2 Å². The molecule has 2 aromatic heterocycles. The van der Waals surface area contributed by atoms with Crippen molar-refractivity contribution in [3.8, 4) is 0 Å². The molecule has 0 N–H and O–H groups in total. The van der Waals surface area contributed by atoms with Crippen molar-refractivity contribution < 1.29 is 0 Å². The van der Waals surface area contributed by atoms with Crippen molar-refractivity contribution in [1.29, 1.82) is 0 Å². The fourth-order valence-electron chi connectivity index (χ4n) is 1.29. The van der Waals surface area contributed by atoms with Crippen LogP contribution in [0.3, 0.4) is 0 Å². The number of fused-ring (bicyclic) bond motifs is 1. The van der Waals surface area contributed by atoms with Crippen LogP contribution in [0.4, 0.5) is 0 Å². The van der Waals surface area contributed by atoms with Crippen molar-refractivity contribution in [3.63, 3.8) is 0 Å². The zero-order valence-electron chi connectivity index (χ0n) is 8.57. The first-order chi connectivity index (χ1) is 6.29. The molecule has 0 aliphatic carbocycles. The summed E-state index contributed by atoms with van der Waals surface area (Å²) in [5.74, 6) is 0. The average Bonchev–Trinajstić information content (AvgIpc) is 2.53. The van der Waals surface area contributed by atoms with Gasteiger partial charge in [0.05, 0.1) is 11.7 Å². The highest BCUT2D eigenvalue weighted by Gasteiger charge is 2.01. The molecule has 0 atom stereocenters. The van der Waals surface area contributed by atoms with E-state index in [0.717, 1.165) is 11.0 Å². The fourth-order valence-corrected chi connectivity index (χ4v) is 1.29. The van der Waals surface area contributed by atoms with Gasteiger partial charge in [-0.3, -0.25) is 9.67 Å².